The van der Waals surface area contributed by atoms with Crippen LogP contribution in [0, 0.1) is 0 Å². The molecule has 0 bridgehead atoms. The van der Waals surface area contributed by atoms with E-state index in [4.69, 9.17) is 0 Å². The smallest absolute Gasteiger partial charge is 0.262 e. The van der Waals surface area contributed by atoms with Gasteiger partial charge in [-0.3, -0.25) is 14.5 Å². The molecular formula is C13H11NO3. The molecule has 86 valence electrons. The van der Waals surface area contributed by atoms with E-state index in [1.165, 1.54) is 0 Å². The third kappa shape index (κ3) is 1.34. The first-order valence-corrected chi connectivity index (χ1v) is 5.52. The fourth-order valence-corrected chi connectivity index (χ4v) is 2.36. The normalized spacial score (nSPS) is 26.8. The van der Waals surface area contributed by atoms with Crippen LogP contribution in [0.3, 0.4) is 0 Å². The summed E-state index contributed by atoms with van der Waals surface area (Å²) >= 11 is 0. The molecule has 1 N–H and O–H groups in total. The van der Waals surface area contributed by atoms with Gasteiger partial charge in [0.2, 0.25) is 0 Å². The summed E-state index contributed by atoms with van der Waals surface area (Å²) in [5, 5.41) is 9.76. The molecule has 0 saturated heterocycles. The Morgan fingerprint density at radius 3 is 2.18 bits per heavy atom. The molecule has 1 aliphatic heterocycles. The highest BCUT2D eigenvalue weighted by molar-refractivity contribution is 6.21. The quantitative estimate of drug-likeness (QED) is 0.576. The van der Waals surface area contributed by atoms with E-state index in [-0.39, 0.29) is 11.8 Å². The fraction of sp³-hybridized carbons (Fsp3) is 0.231. The molecule has 0 aromatic heterocycles. The van der Waals surface area contributed by atoms with E-state index in [1.807, 2.05) is 0 Å². The fourth-order valence-electron chi connectivity index (χ4n) is 2.36. The van der Waals surface area contributed by atoms with Gasteiger partial charge in [0.1, 0.15) is 0 Å². The Labute approximate surface area is 98.2 Å². The first kappa shape index (κ1) is 10.2. The molecule has 0 unspecified atom stereocenters. The van der Waals surface area contributed by atoms with Crippen molar-refractivity contribution in [3.05, 3.63) is 47.5 Å². The number of aliphatic hydroxyl groups is 1. The first-order valence-electron chi connectivity index (χ1n) is 5.52. The van der Waals surface area contributed by atoms with E-state index in [2.05, 4.69) is 0 Å². The summed E-state index contributed by atoms with van der Waals surface area (Å²) in [5.41, 5.74) is 0.843. The number of fused-ring (bicyclic) bond motifs is 1. The molecule has 4 heteroatoms. The third-order valence-electron chi connectivity index (χ3n) is 3.23. The Hall–Kier alpha value is -1.94. The van der Waals surface area contributed by atoms with Crippen LogP contribution in [0.25, 0.3) is 0 Å². The van der Waals surface area contributed by atoms with Gasteiger partial charge in [-0.1, -0.05) is 24.3 Å². The summed E-state index contributed by atoms with van der Waals surface area (Å²) in [4.78, 5) is 25.4. The van der Waals surface area contributed by atoms with Crippen molar-refractivity contribution >= 4 is 11.8 Å². The first-order chi connectivity index (χ1) is 8.20. The highest BCUT2D eigenvalue weighted by Gasteiger charge is 2.42. The SMILES string of the molecule is O=C1c2ccccc2C(=O)N1[C@@H]1C=CC[C@H]1O. The maximum absolute atomic E-state index is 12.1. The lowest BCUT2D eigenvalue weighted by molar-refractivity contribution is 0.0463. The largest absolute Gasteiger partial charge is 0.390 e. The van der Waals surface area contributed by atoms with E-state index in [1.54, 1.807) is 36.4 Å². The van der Waals surface area contributed by atoms with Gasteiger partial charge in [0.15, 0.2) is 0 Å². The maximum atomic E-state index is 12.1. The number of aliphatic hydroxyl groups excluding tert-OH is 1. The van der Waals surface area contributed by atoms with Crippen molar-refractivity contribution in [2.75, 3.05) is 0 Å². The Morgan fingerprint density at radius 1 is 1.12 bits per heavy atom. The van der Waals surface area contributed by atoms with Gasteiger partial charge in [-0.2, -0.15) is 0 Å². The summed E-state index contributed by atoms with van der Waals surface area (Å²) < 4.78 is 0. The van der Waals surface area contributed by atoms with Gasteiger partial charge < -0.3 is 5.11 Å². The number of nitrogens with zero attached hydrogens (tertiary/aromatic N) is 1. The number of amides is 2. The van der Waals surface area contributed by atoms with Crippen molar-refractivity contribution in [3.63, 3.8) is 0 Å². The highest BCUT2D eigenvalue weighted by atomic mass is 16.3. The summed E-state index contributed by atoms with van der Waals surface area (Å²) in [6.45, 7) is 0. The lowest BCUT2D eigenvalue weighted by Crippen LogP contribution is -2.43. The lowest BCUT2D eigenvalue weighted by atomic mass is 10.1. The molecule has 0 spiro atoms. The van der Waals surface area contributed by atoms with Crippen molar-refractivity contribution in [3.8, 4) is 0 Å². The van der Waals surface area contributed by atoms with Crippen molar-refractivity contribution in [2.45, 2.75) is 18.6 Å². The molecule has 1 heterocycles. The van der Waals surface area contributed by atoms with E-state index >= 15 is 0 Å². The summed E-state index contributed by atoms with van der Waals surface area (Å²) in [5.74, 6) is -0.637. The molecule has 17 heavy (non-hydrogen) atoms. The van der Waals surface area contributed by atoms with E-state index < -0.39 is 12.1 Å². The average molecular weight is 229 g/mol. The number of rotatable bonds is 1. The van der Waals surface area contributed by atoms with E-state index in [9.17, 15) is 14.7 Å². The molecule has 4 nitrogen and oxygen atoms in total. The molecule has 1 aliphatic carbocycles. The van der Waals surface area contributed by atoms with Gasteiger partial charge in [-0.15, -0.1) is 0 Å². The van der Waals surface area contributed by atoms with Crippen molar-refractivity contribution in [1.29, 1.82) is 0 Å². The number of carbonyl (C=O) groups is 2. The standard InChI is InChI=1S/C13H11NO3/c15-11-7-3-6-10(11)14-12(16)8-4-1-2-5-9(8)13(14)17/h1-6,10-11,15H,7H2/t10-,11-/m1/s1. The average Bonchev–Trinajstić information content (AvgIpc) is 2.84. The van der Waals surface area contributed by atoms with Crippen molar-refractivity contribution in [1.82, 2.24) is 4.90 Å². The Balaban J connectivity index is 2.03. The predicted molar refractivity (Wildman–Crippen MR) is 60.5 cm³/mol. The number of hydrogen-bond donors (Lipinski definition) is 1. The molecule has 0 saturated carbocycles. The molecule has 3 rings (SSSR count). The molecular weight excluding hydrogens is 218 g/mol. The van der Waals surface area contributed by atoms with Crippen LogP contribution in [0.15, 0.2) is 36.4 Å². The zero-order valence-corrected chi connectivity index (χ0v) is 9.04. The second-order valence-electron chi connectivity index (χ2n) is 4.25. The zero-order valence-electron chi connectivity index (χ0n) is 9.04. The van der Waals surface area contributed by atoms with E-state index in [0.29, 0.717) is 17.5 Å². The maximum Gasteiger partial charge on any atom is 0.262 e. The minimum atomic E-state index is -0.683. The van der Waals surface area contributed by atoms with Gasteiger partial charge in [0.25, 0.3) is 11.8 Å². The summed E-state index contributed by atoms with van der Waals surface area (Å²) in [6, 6.07) is 6.21. The van der Waals surface area contributed by atoms with Gasteiger partial charge in [-0.25, -0.2) is 0 Å². The topological polar surface area (TPSA) is 57.6 Å². The number of hydrogen-bond acceptors (Lipinski definition) is 3. The van der Waals surface area contributed by atoms with Crippen LogP contribution in [0.5, 0.6) is 0 Å². The van der Waals surface area contributed by atoms with Crippen LogP contribution in [-0.4, -0.2) is 34.0 Å². The van der Waals surface area contributed by atoms with Crippen LogP contribution in [-0.2, 0) is 0 Å². The van der Waals surface area contributed by atoms with Crippen LogP contribution >= 0.6 is 0 Å². The lowest BCUT2D eigenvalue weighted by Gasteiger charge is -2.23. The number of benzene rings is 1. The summed E-state index contributed by atoms with van der Waals surface area (Å²) in [6.07, 6.45) is 3.31. The number of imide groups is 1. The number of carbonyl (C=O) groups excluding carboxylic acids is 2. The van der Waals surface area contributed by atoms with Crippen molar-refractivity contribution in [2.24, 2.45) is 0 Å². The third-order valence-corrected chi connectivity index (χ3v) is 3.23. The monoisotopic (exact) mass is 229 g/mol. The van der Waals surface area contributed by atoms with Crippen LogP contribution in [0.1, 0.15) is 27.1 Å². The van der Waals surface area contributed by atoms with Gasteiger partial charge >= 0.3 is 0 Å². The molecule has 2 amide bonds. The second kappa shape index (κ2) is 3.53. The Morgan fingerprint density at radius 2 is 1.71 bits per heavy atom. The van der Waals surface area contributed by atoms with Crippen LogP contribution < -0.4 is 0 Å². The Bertz CT molecular complexity index is 500. The van der Waals surface area contributed by atoms with Gasteiger partial charge in [0.05, 0.1) is 23.3 Å². The predicted octanol–water partition coefficient (Wildman–Crippen LogP) is 0.972. The highest BCUT2D eigenvalue weighted by Crippen LogP contribution is 2.28. The molecule has 0 radical (unpaired) electrons. The minimum Gasteiger partial charge on any atom is -0.390 e. The van der Waals surface area contributed by atoms with E-state index in [0.717, 1.165) is 4.90 Å². The van der Waals surface area contributed by atoms with Crippen LogP contribution in [0.2, 0.25) is 0 Å². The molecule has 1 aromatic rings. The summed E-state index contributed by atoms with van der Waals surface area (Å²) in [7, 11) is 0. The molecule has 1 aromatic carbocycles. The second-order valence-corrected chi connectivity index (χ2v) is 4.25. The minimum absolute atomic E-state index is 0.318. The molecule has 0 fully saturated rings. The Kier molecular flexibility index (Phi) is 2.12. The van der Waals surface area contributed by atoms with Gasteiger partial charge in [0, 0.05) is 0 Å². The zero-order chi connectivity index (χ0) is 12.0. The molecule has 2 aliphatic rings. The molecule has 2 atom stereocenters. The van der Waals surface area contributed by atoms with Crippen molar-refractivity contribution < 1.29 is 14.7 Å². The van der Waals surface area contributed by atoms with Crippen LogP contribution in [0.4, 0.5) is 0 Å². The van der Waals surface area contributed by atoms with Gasteiger partial charge in [-0.05, 0) is 18.6 Å².